The Morgan fingerprint density at radius 1 is 1.50 bits per heavy atom. The van der Waals surface area contributed by atoms with Gasteiger partial charge in [-0.2, -0.15) is 0 Å². The molecule has 1 aromatic heterocycles. The van der Waals surface area contributed by atoms with Gasteiger partial charge in [-0.1, -0.05) is 0 Å². The molecule has 0 atom stereocenters. The molecular weight excluding hydrogens is 294 g/mol. The zero-order chi connectivity index (χ0) is 15.1. The average molecular weight is 317 g/mol. The van der Waals surface area contributed by atoms with E-state index in [1.165, 1.54) is 11.3 Å². The highest BCUT2D eigenvalue weighted by Gasteiger charge is 2.19. The van der Waals surface area contributed by atoms with E-state index >= 15 is 0 Å². The minimum atomic E-state index is -0.114. The van der Waals surface area contributed by atoms with Crippen molar-refractivity contribution in [3.8, 4) is 0 Å². The number of nitrogens with two attached hydrogens (primary N) is 1. The number of hydrogen-bond acceptors (Lipinski definition) is 6. The number of nitrogen functional groups attached to an aromatic ring is 1. The predicted molar refractivity (Wildman–Crippen MR) is 88.1 cm³/mol. The fourth-order valence-electron chi connectivity index (χ4n) is 1.62. The van der Waals surface area contributed by atoms with Crippen LogP contribution in [0.25, 0.3) is 0 Å². The van der Waals surface area contributed by atoms with Crippen LogP contribution in [0.2, 0.25) is 0 Å². The van der Waals surface area contributed by atoms with Gasteiger partial charge in [0.05, 0.1) is 23.3 Å². The van der Waals surface area contributed by atoms with E-state index in [1.54, 1.807) is 11.8 Å². The molecule has 0 aliphatic carbocycles. The fraction of sp³-hybridized carbons (Fsp3) is 0.615. The largest absolute Gasteiger partial charge is 0.396 e. The second-order valence-corrected chi connectivity index (χ2v) is 6.25. The number of rotatable bonds is 8. The second kappa shape index (κ2) is 8.39. The lowest BCUT2D eigenvalue weighted by Gasteiger charge is -2.09. The Hall–Kier alpha value is -0.920. The van der Waals surface area contributed by atoms with E-state index in [-0.39, 0.29) is 12.0 Å². The minimum Gasteiger partial charge on any atom is -0.396 e. The Morgan fingerprint density at radius 3 is 2.75 bits per heavy atom. The number of carbonyl (C=O) groups is 1. The summed E-state index contributed by atoms with van der Waals surface area (Å²) in [4.78, 5) is 13.4. The topological polar surface area (TPSA) is 76.4 Å². The molecule has 0 aromatic carbocycles. The van der Waals surface area contributed by atoms with Crippen molar-refractivity contribution in [2.75, 3.05) is 37.0 Å². The molecule has 0 spiro atoms. The van der Waals surface area contributed by atoms with Crippen LogP contribution in [-0.2, 0) is 4.74 Å². The van der Waals surface area contributed by atoms with E-state index in [2.05, 4.69) is 10.6 Å². The molecule has 5 nitrogen and oxygen atoms in total. The van der Waals surface area contributed by atoms with Gasteiger partial charge in [-0.3, -0.25) is 4.79 Å². The number of carbonyl (C=O) groups excluding carboxylic acids is 1. The summed E-state index contributed by atoms with van der Waals surface area (Å²) in [7, 11) is 0. The van der Waals surface area contributed by atoms with Gasteiger partial charge in [-0.25, -0.2) is 0 Å². The Bertz CT molecular complexity index is 447. The van der Waals surface area contributed by atoms with Gasteiger partial charge in [0.2, 0.25) is 0 Å². The van der Waals surface area contributed by atoms with Crippen molar-refractivity contribution in [3.63, 3.8) is 0 Å². The molecule has 0 bridgehead atoms. The van der Waals surface area contributed by atoms with Gasteiger partial charge in [-0.05, 0) is 27.0 Å². The monoisotopic (exact) mass is 317 g/mol. The van der Waals surface area contributed by atoms with E-state index in [9.17, 15) is 4.79 Å². The first-order chi connectivity index (χ1) is 9.51. The third-order valence-corrected chi connectivity index (χ3v) is 4.61. The second-order valence-electron chi connectivity index (χ2n) is 4.41. The highest BCUT2D eigenvalue weighted by molar-refractivity contribution is 7.99. The van der Waals surface area contributed by atoms with Crippen LogP contribution in [-0.4, -0.2) is 38.0 Å². The molecule has 114 valence electrons. The molecule has 4 N–H and O–H groups in total. The van der Waals surface area contributed by atoms with E-state index in [1.807, 2.05) is 27.0 Å². The number of anilines is 2. The molecule has 1 heterocycles. The summed E-state index contributed by atoms with van der Waals surface area (Å²) in [6.07, 6.45) is 2.17. The summed E-state index contributed by atoms with van der Waals surface area (Å²) < 4.78 is 5.48. The average Bonchev–Trinajstić information content (AvgIpc) is 2.71. The van der Waals surface area contributed by atoms with Gasteiger partial charge >= 0.3 is 0 Å². The zero-order valence-corrected chi connectivity index (χ0v) is 14.0. The maximum atomic E-state index is 11.9. The van der Waals surface area contributed by atoms with Crippen LogP contribution in [0.3, 0.4) is 0 Å². The first-order valence-corrected chi connectivity index (χ1v) is 8.65. The van der Waals surface area contributed by atoms with Crippen molar-refractivity contribution < 1.29 is 9.53 Å². The molecule has 0 unspecified atom stereocenters. The van der Waals surface area contributed by atoms with Crippen LogP contribution in [0.15, 0.2) is 4.90 Å². The normalized spacial score (nSPS) is 10.8. The minimum absolute atomic E-state index is 0.114. The highest BCUT2D eigenvalue weighted by Crippen LogP contribution is 2.41. The summed E-state index contributed by atoms with van der Waals surface area (Å²) in [6.45, 7) is 7.81. The van der Waals surface area contributed by atoms with Crippen molar-refractivity contribution in [1.82, 2.24) is 5.32 Å². The van der Waals surface area contributed by atoms with E-state index < -0.39 is 0 Å². The third kappa shape index (κ3) is 4.57. The number of ether oxygens (including phenoxy) is 1. The molecule has 0 fully saturated rings. The number of thioether (sulfide) groups is 1. The Kier molecular flexibility index (Phi) is 7.18. The van der Waals surface area contributed by atoms with Crippen LogP contribution in [0.1, 0.15) is 30.4 Å². The molecule has 0 saturated heterocycles. The summed E-state index contributed by atoms with van der Waals surface area (Å²) in [6, 6.07) is 0. The fourth-order valence-corrected chi connectivity index (χ4v) is 3.59. The lowest BCUT2D eigenvalue weighted by atomic mass is 10.3. The van der Waals surface area contributed by atoms with Crippen molar-refractivity contribution in [3.05, 3.63) is 4.88 Å². The van der Waals surface area contributed by atoms with E-state index in [0.717, 1.165) is 9.90 Å². The Balaban J connectivity index is 2.75. The highest BCUT2D eigenvalue weighted by atomic mass is 32.2. The van der Waals surface area contributed by atoms with Crippen LogP contribution in [0, 0.1) is 0 Å². The SMILES string of the molecule is CCNC(=O)c1sc(NCCOC(C)C)c(SC)c1N. The number of hydrogen-bond donors (Lipinski definition) is 3. The first kappa shape index (κ1) is 17.1. The molecule has 7 heteroatoms. The molecule has 0 saturated carbocycles. The van der Waals surface area contributed by atoms with Crippen LogP contribution >= 0.6 is 23.1 Å². The summed E-state index contributed by atoms with van der Waals surface area (Å²) >= 11 is 2.94. The molecule has 0 radical (unpaired) electrons. The van der Waals surface area contributed by atoms with Crippen molar-refractivity contribution in [2.24, 2.45) is 0 Å². The molecule has 1 rings (SSSR count). The van der Waals surface area contributed by atoms with Crippen LogP contribution in [0.5, 0.6) is 0 Å². The van der Waals surface area contributed by atoms with Gasteiger partial charge in [0.15, 0.2) is 0 Å². The lowest BCUT2D eigenvalue weighted by molar-refractivity contribution is 0.0870. The third-order valence-electron chi connectivity index (χ3n) is 2.49. The van der Waals surface area contributed by atoms with Gasteiger partial charge in [0.1, 0.15) is 9.88 Å². The van der Waals surface area contributed by atoms with Crippen LogP contribution in [0.4, 0.5) is 10.7 Å². The molecule has 1 amide bonds. The number of thiophene rings is 1. The van der Waals surface area contributed by atoms with Gasteiger partial charge < -0.3 is 21.1 Å². The lowest BCUT2D eigenvalue weighted by Crippen LogP contribution is -2.22. The summed E-state index contributed by atoms with van der Waals surface area (Å²) in [5.41, 5.74) is 6.61. The summed E-state index contributed by atoms with van der Waals surface area (Å²) in [5.74, 6) is -0.114. The molecular formula is C13H23N3O2S2. The smallest absolute Gasteiger partial charge is 0.263 e. The molecule has 0 aliphatic rings. The number of nitrogens with one attached hydrogen (secondary N) is 2. The van der Waals surface area contributed by atoms with E-state index in [4.69, 9.17) is 10.5 Å². The Labute approximate surface area is 128 Å². The van der Waals surface area contributed by atoms with Crippen molar-refractivity contribution >= 4 is 39.7 Å². The summed E-state index contributed by atoms with van der Waals surface area (Å²) in [5, 5.41) is 7.00. The maximum Gasteiger partial charge on any atom is 0.263 e. The molecule has 20 heavy (non-hydrogen) atoms. The van der Waals surface area contributed by atoms with Crippen molar-refractivity contribution in [2.45, 2.75) is 31.8 Å². The molecule has 0 aliphatic heterocycles. The zero-order valence-electron chi connectivity index (χ0n) is 12.4. The van der Waals surface area contributed by atoms with Gasteiger partial charge in [0.25, 0.3) is 5.91 Å². The first-order valence-electron chi connectivity index (χ1n) is 6.61. The van der Waals surface area contributed by atoms with E-state index in [0.29, 0.717) is 30.3 Å². The van der Waals surface area contributed by atoms with Gasteiger partial charge in [0, 0.05) is 13.1 Å². The van der Waals surface area contributed by atoms with Crippen LogP contribution < -0.4 is 16.4 Å². The quantitative estimate of drug-likeness (QED) is 0.507. The van der Waals surface area contributed by atoms with Crippen molar-refractivity contribution in [1.29, 1.82) is 0 Å². The van der Waals surface area contributed by atoms with Gasteiger partial charge in [-0.15, -0.1) is 23.1 Å². The Morgan fingerprint density at radius 2 is 2.20 bits per heavy atom. The molecule has 1 aromatic rings. The maximum absolute atomic E-state index is 11.9. The number of amides is 1. The standard InChI is InChI=1S/C13H23N3O2S2/c1-5-15-12(17)10-9(14)11(19-4)13(20-10)16-6-7-18-8(2)3/h8,16H,5-7,14H2,1-4H3,(H,15,17). The predicted octanol–water partition coefficient (Wildman–Crippen LogP) is 2.64.